The highest BCUT2D eigenvalue weighted by Crippen LogP contribution is 2.19. The van der Waals surface area contributed by atoms with Gasteiger partial charge in [0, 0.05) is 47.9 Å². The average molecular weight is 397 g/mol. The summed E-state index contributed by atoms with van der Waals surface area (Å²) in [6.45, 7) is 2.68. The van der Waals surface area contributed by atoms with Gasteiger partial charge in [-0.3, -0.25) is 8.32 Å². The zero-order valence-corrected chi connectivity index (χ0v) is 14.1. The summed E-state index contributed by atoms with van der Waals surface area (Å²) in [5.41, 5.74) is 0. The number of rotatable bonds is 7. The van der Waals surface area contributed by atoms with Crippen LogP contribution in [0.15, 0.2) is 0 Å². The minimum Gasteiger partial charge on any atom is -0.466 e. The zero-order valence-electron chi connectivity index (χ0n) is 11.9. The van der Waals surface area contributed by atoms with E-state index in [2.05, 4.69) is 37.0 Å². The van der Waals surface area contributed by atoms with E-state index in [0.29, 0.717) is 32.0 Å². The van der Waals surface area contributed by atoms with Crippen molar-refractivity contribution in [3.63, 3.8) is 0 Å². The largest absolute Gasteiger partial charge is 0.466 e. The summed E-state index contributed by atoms with van der Waals surface area (Å²) in [6.07, 6.45) is 5.17. The Morgan fingerprint density at radius 3 is 2.45 bits per heavy atom. The van der Waals surface area contributed by atoms with E-state index in [4.69, 9.17) is 4.74 Å². The molecule has 116 valence electrons. The third-order valence-corrected chi connectivity index (χ3v) is 4.25. The average Bonchev–Trinajstić information content (AvgIpc) is 2.45. The Labute approximate surface area is 134 Å². The topological polar surface area (TPSA) is 79.5 Å². The fourth-order valence-corrected chi connectivity index (χ4v) is 2.87. The van der Waals surface area contributed by atoms with Crippen LogP contribution in [0.4, 0.5) is 4.79 Å². The van der Waals surface area contributed by atoms with Crippen molar-refractivity contribution in [3.05, 3.63) is 0 Å². The molecule has 2 amide bonds. The molecule has 0 radical (unpaired) electrons. The van der Waals surface area contributed by atoms with Gasteiger partial charge in [-0.25, -0.2) is 4.79 Å². The number of amides is 2. The van der Waals surface area contributed by atoms with Crippen molar-refractivity contribution >= 4 is 34.9 Å². The van der Waals surface area contributed by atoms with E-state index in [1.807, 2.05) is 0 Å². The van der Waals surface area contributed by atoms with E-state index in [1.165, 1.54) is 0 Å². The number of hydrogen-bond donors (Lipinski definition) is 3. The van der Waals surface area contributed by atoms with Crippen molar-refractivity contribution in [2.75, 3.05) is 13.2 Å². The number of urea groups is 1. The van der Waals surface area contributed by atoms with E-state index >= 15 is 0 Å². The first-order valence-corrected chi connectivity index (χ1v) is 8.29. The van der Waals surface area contributed by atoms with Crippen LogP contribution in [-0.2, 0) is 9.53 Å². The predicted octanol–water partition coefficient (Wildman–Crippen LogP) is 1.88. The molecular formula is C13H24IN3O3. The molecule has 1 rings (SSSR count). The van der Waals surface area contributed by atoms with Gasteiger partial charge >= 0.3 is 12.0 Å². The van der Waals surface area contributed by atoms with Crippen LogP contribution in [0.3, 0.4) is 0 Å². The van der Waals surface area contributed by atoms with Crippen molar-refractivity contribution in [1.29, 1.82) is 0 Å². The predicted molar refractivity (Wildman–Crippen MR) is 85.6 cm³/mol. The second-order valence-corrected chi connectivity index (χ2v) is 5.59. The summed E-state index contributed by atoms with van der Waals surface area (Å²) in [6, 6.07) is 0.696. The Hall–Kier alpha value is -0.570. The van der Waals surface area contributed by atoms with Crippen molar-refractivity contribution in [2.45, 2.75) is 57.5 Å². The van der Waals surface area contributed by atoms with Crippen LogP contribution in [0, 0.1) is 0 Å². The molecule has 0 unspecified atom stereocenters. The van der Waals surface area contributed by atoms with Gasteiger partial charge in [-0.1, -0.05) is 0 Å². The minimum atomic E-state index is -0.209. The lowest BCUT2D eigenvalue weighted by molar-refractivity contribution is -0.143. The Balaban J connectivity index is 2.05. The van der Waals surface area contributed by atoms with Crippen molar-refractivity contribution in [3.8, 4) is 0 Å². The van der Waals surface area contributed by atoms with Crippen LogP contribution in [0.25, 0.3) is 0 Å². The van der Waals surface area contributed by atoms with E-state index in [0.717, 1.165) is 25.7 Å². The Morgan fingerprint density at radius 2 is 1.85 bits per heavy atom. The normalized spacial score (nSPS) is 22.1. The van der Waals surface area contributed by atoms with Crippen LogP contribution in [0.2, 0.25) is 0 Å². The maximum Gasteiger partial charge on any atom is 0.315 e. The third-order valence-electron chi connectivity index (χ3n) is 3.37. The van der Waals surface area contributed by atoms with Gasteiger partial charge in [-0.15, -0.1) is 0 Å². The molecule has 0 bridgehead atoms. The van der Waals surface area contributed by atoms with E-state index in [-0.39, 0.29) is 18.0 Å². The SMILES string of the molecule is CCOC(=O)CCCNC(=O)N[C@H]1CC[C@H](NI)CC1. The van der Waals surface area contributed by atoms with Crippen molar-refractivity contribution in [2.24, 2.45) is 0 Å². The second-order valence-electron chi connectivity index (χ2n) is 4.97. The highest BCUT2D eigenvalue weighted by molar-refractivity contribution is 14.1. The molecule has 1 fully saturated rings. The Morgan fingerprint density at radius 1 is 1.20 bits per heavy atom. The first-order valence-electron chi connectivity index (χ1n) is 7.21. The lowest BCUT2D eigenvalue weighted by Gasteiger charge is -2.28. The molecule has 0 atom stereocenters. The van der Waals surface area contributed by atoms with Crippen LogP contribution >= 0.6 is 22.9 Å². The van der Waals surface area contributed by atoms with Crippen LogP contribution in [0.5, 0.6) is 0 Å². The number of nitrogens with one attached hydrogen (secondary N) is 3. The van der Waals surface area contributed by atoms with Gasteiger partial charge in [0.05, 0.1) is 6.61 Å². The van der Waals surface area contributed by atoms with Gasteiger partial charge in [0.25, 0.3) is 0 Å². The van der Waals surface area contributed by atoms with Gasteiger partial charge in [0.1, 0.15) is 0 Å². The molecule has 0 aromatic carbocycles. The highest BCUT2D eigenvalue weighted by Gasteiger charge is 2.21. The Kier molecular flexibility index (Phi) is 8.92. The first kappa shape index (κ1) is 17.5. The number of carbonyl (C=O) groups excluding carboxylic acids is 2. The molecule has 1 saturated carbocycles. The molecule has 6 nitrogen and oxygen atoms in total. The smallest absolute Gasteiger partial charge is 0.315 e. The molecular weight excluding hydrogens is 373 g/mol. The number of esters is 1. The molecule has 7 heteroatoms. The van der Waals surface area contributed by atoms with Crippen LogP contribution in [0.1, 0.15) is 45.4 Å². The number of hydrogen-bond acceptors (Lipinski definition) is 4. The molecule has 0 spiro atoms. The molecule has 1 aliphatic carbocycles. The molecule has 0 aromatic heterocycles. The second kappa shape index (κ2) is 10.2. The first-order chi connectivity index (χ1) is 9.65. The maximum absolute atomic E-state index is 11.7. The lowest BCUT2D eigenvalue weighted by Crippen LogP contribution is -2.45. The van der Waals surface area contributed by atoms with Crippen LogP contribution in [-0.4, -0.2) is 37.2 Å². The summed E-state index contributed by atoms with van der Waals surface area (Å²) >= 11 is 2.19. The van der Waals surface area contributed by atoms with E-state index in [1.54, 1.807) is 6.92 Å². The quantitative estimate of drug-likeness (QED) is 0.265. The molecule has 1 aliphatic rings. The summed E-state index contributed by atoms with van der Waals surface area (Å²) < 4.78 is 8.06. The molecule has 0 aliphatic heterocycles. The minimum absolute atomic E-state index is 0.139. The number of carbonyl (C=O) groups is 2. The highest BCUT2D eigenvalue weighted by atomic mass is 127. The van der Waals surface area contributed by atoms with Gasteiger partial charge < -0.3 is 15.4 Å². The summed E-state index contributed by atoms with van der Waals surface area (Å²) in [7, 11) is 0. The molecule has 20 heavy (non-hydrogen) atoms. The van der Waals surface area contributed by atoms with Crippen molar-refractivity contribution in [1.82, 2.24) is 14.2 Å². The number of ether oxygens (including phenoxy) is 1. The summed E-state index contributed by atoms with van der Waals surface area (Å²) in [5.74, 6) is -0.209. The molecule has 3 N–H and O–H groups in total. The fourth-order valence-electron chi connectivity index (χ4n) is 2.25. The van der Waals surface area contributed by atoms with Crippen LogP contribution < -0.4 is 14.2 Å². The Bertz CT molecular complexity index is 307. The third kappa shape index (κ3) is 7.28. The fraction of sp³-hybridized carbons (Fsp3) is 0.846. The summed E-state index contributed by atoms with van der Waals surface area (Å²) in [5, 5.41) is 5.76. The maximum atomic E-state index is 11.7. The van der Waals surface area contributed by atoms with E-state index in [9.17, 15) is 9.59 Å². The molecule has 0 aromatic rings. The lowest BCUT2D eigenvalue weighted by atomic mass is 9.92. The molecule has 0 saturated heterocycles. The zero-order chi connectivity index (χ0) is 14.8. The van der Waals surface area contributed by atoms with Gasteiger partial charge in [-0.05, 0) is 39.0 Å². The monoisotopic (exact) mass is 397 g/mol. The van der Waals surface area contributed by atoms with Crippen molar-refractivity contribution < 1.29 is 14.3 Å². The standard InChI is InChI=1S/C13H24IN3O3/c1-2-20-12(18)4-3-9-15-13(19)16-10-5-7-11(17-14)8-6-10/h10-11,17H,2-9H2,1H3,(H2,15,16,19)/t10-,11-. The number of halogens is 1. The summed E-state index contributed by atoms with van der Waals surface area (Å²) in [4.78, 5) is 22.8. The van der Waals surface area contributed by atoms with Gasteiger partial charge in [0.15, 0.2) is 0 Å². The van der Waals surface area contributed by atoms with Gasteiger partial charge in [-0.2, -0.15) is 0 Å². The van der Waals surface area contributed by atoms with Gasteiger partial charge in [0.2, 0.25) is 0 Å². The molecule has 0 heterocycles. The van der Waals surface area contributed by atoms with E-state index < -0.39 is 0 Å².